The van der Waals surface area contributed by atoms with E-state index in [0.29, 0.717) is 6.67 Å². The van der Waals surface area contributed by atoms with E-state index in [1.54, 1.807) is 0 Å². The van der Waals surface area contributed by atoms with Crippen LogP contribution in [0.15, 0.2) is 180 Å². The number of benzene rings is 7. The third kappa shape index (κ3) is 5.59. The molecule has 11 rings (SSSR count). The molecule has 0 bridgehead atoms. The van der Waals surface area contributed by atoms with Crippen molar-refractivity contribution in [3.63, 3.8) is 0 Å². The normalized spacial score (nSPS) is 13.3. The second-order valence-corrected chi connectivity index (χ2v) is 16.1. The molecule has 6 heteroatoms. The molecule has 2 aliphatic heterocycles. The standard InChI is InChI=1S/C52H40N4O2/c1-52(2,3)34-27-28-53-51(29-34)56-45-19-8-6-17-41(45)39-15-4-5-16-40(39)42-25-24-38(32-48(42)56)57-37-14-12-13-35(30-37)54-33-55(47-21-10-9-20-46(47)54)36-23-26-50-44(31-36)43-18-7-11-22-49(43)58-50/h4-32H,33H2,1-3H3. The number of pyridine rings is 1. The van der Waals surface area contributed by atoms with Gasteiger partial charge in [0.2, 0.25) is 0 Å². The van der Waals surface area contributed by atoms with Crippen molar-refractivity contribution < 1.29 is 9.15 Å². The van der Waals surface area contributed by atoms with Crippen molar-refractivity contribution in [2.24, 2.45) is 0 Å². The second-order valence-electron chi connectivity index (χ2n) is 16.1. The first-order valence-electron chi connectivity index (χ1n) is 19.8. The van der Waals surface area contributed by atoms with Crippen LogP contribution in [0, 0.1) is 0 Å². The molecule has 0 radical (unpaired) electrons. The van der Waals surface area contributed by atoms with Crippen LogP contribution in [-0.4, -0.2) is 11.7 Å². The lowest BCUT2D eigenvalue weighted by Gasteiger charge is -2.28. The molecular weight excluding hydrogens is 713 g/mol. The molecule has 0 fully saturated rings. The average molecular weight is 753 g/mol. The van der Waals surface area contributed by atoms with E-state index < -0.39 is 0 Å². The molecule has 0 aliphatic carbocycles. The van der Waals surface area contributed by atoms with E-state index in [0.717, 1.165) is 84.5 Å². The Kier molecular flexibility index (Phi) is 7.70. The minimum Gasteiger partial charge on any atom is -0.457 e. The lowest BCUT2D eigenvalue weighted by molar-refractivity contribution is 0.483. The maximum absolute atomic E-state index is 6.81. The van der Waals surface area contributed by atoms with E-state index in [9.17, 15) is 0 Å². The van der Waals surface area contributed by atoms with Gasteiger partial charge in [-0.25, -0.2) is 4.98 Å². The predicted molar refractivity (Wildman–Crippen MR) is 238 cm³/mol. The Labute approximate surface area is 337 Å². The largest absolute Gasteiger partial charge is 0.457 e. The van der Waals surface area contributed by atoms with Gasteiger partial charge >= 0.3 is 0 Å². The van der Waals surface area contributed by atoms with Crippen molar-refractivity contribution in [2.45, 2.75) is 26.2 Å². The highest BCUT2D eigenvalue weighted by atomic mass is 16.5. The fourth-order valence-electron chi connectivity index (χ4n) is 8.61. The molecular formula is C52H40N4O2. The van der Waals surface area contributed by atoms with Gasteiger partial charge in [-0.15, -0.1) is 0 Å². The Hall–Kier alpha value is -7.31. The molecule has 0 unspecified atom stereocenters. The first kappa shape index (κ1) is 34.0. The number of nitrogens with zero attached hydrogens (tertiary/aromatic N) is 4. The highest BCUT2D eigenvalue weighted by Gasteiger charge is 2.30. The third-order valence-electron chi connectivity index (χ3n) is 11.5. The van der Waals surface area contributed by atoms with Crippen LogP contribution in [0.2, 0.25) is 0 Å². The summed E-state index contributed by atoms with van der Waals surface area (Å²) in [5, 5.41) is 2.24. The molecule has 0 atom stereocenters. The molecule has 280 valence electrons. The highest BCUT2D eigenvalue weighted by molar-refractivity contribution is 6.07. The van der Waals surface area contributed by atoms with E-state index in [1.165, 1.54) is 16.7 Å². The van der Waals surface area contributed by atoms with Crippen LogP contribution < -0.4 is 19.4 Å². The van der Waals surface area contributed by atoms with Crippen LogP contribution >= 0.6 is 0 Å². The maximum Gasteiger partial charge on any atom is 0.137 e. The molecule has 9 aromatic rings. The number of hydrogen-bond donors (Lipinski definition) is 0. The van der Waals surface area contributed by atoms with Gasteiger partial charge in [0.25, 0.3) is 0 Å². The summed E-state index contributed by atoms with van der Waals surface area (Å²) in [4.78, 5) is 12.0. The molecule has 7 aromatic carbocycles. The second kappa shape index (κ2) is 13.1. The fourth-order valence-corrected chi connectivity index (χ4v) is 8.61. The summed E-state index contributed by atoms with van der Waals surface area (Å²) in [5.41, 5.74) is 14.1. The van der Waals surface area contributed by atoms with Crippen LogP contribution in [0.25, 0.3) is 44.2 Å². The van der Waals surface area contributed by atoms with Crippen LogP contribution in [0.3, 0.4) is 0 Å². The lowest BCUT2D eigenvalue weighted by atomic mass is 9.87. The summed E-state index contributed by atoms with van der Waals surface area (Å²) in [6.45, 7) is 7.38. The molecule has 2 aromatic heterocycles. The minimum absolute atomic E-state index is 0.0417. The first-order valence-corrected chi connectivity index (χ1v) is 19.8. The Morgan fingerprint density at radius 1 is 0.500 bits per heavy atom. The van der Waals surface area contributed by atoms with Crippen molar-refractivity contribution in [2.75, 3.05) is 21.4 Å². The Morgan fingerprint density at radius 2 is 1.14 bits per heavy atom. The van der Waals surface area contributed by atoms with Crippen molar-refractivity contribution >= 4 is 61.9 Å². The van der Waals surface area contributed by atoms with E-state index in [2.05, 4.69) is 187 Å². The van der Waals surface area contributed by atoms with Crippen LogP contribution in [0.5, 0.6) is 11.5 Å². The van der Waals surface area contributed by atoms with Gasteiger partial charge in [0.15, 0.2) is 0 Å². The third-order valence-corrected chi connectivity index (χ3v) is 11.5. The molecule has 58 heavy (non-hydrogen) atoms. The number of fused-ring (bicyclic) bond motifs is 9. The van der Waals surface area contributed by atoms with Gasteiger partial charge in [-0.05, 0) is 101 Å². The fraction of sp³-hybridized carbons (Fsp3) is 0.0962. The van der Waals surface area contributed by atoms with Gasteiger partial charge in [0.05, 0.1) is 22.7 Å². The Balaban J connectivity index is 0.970. The zero-order valence-corrected chi connectivity index (χ0v) is 32.6. The van der Waals surface area contributed by atoms with Gasteiger partial charge in [-0.1, -0.05) is 99.6 Å². The van der Waals surface area contributed by atoms with Crippen molar-refractivity contribution in [3.8, 4) is 33.8 Å². The van der Waals surface area contributed by atoms with Crippen molar-refractivity contribution in [1.82, 2.24) is 4.98 Å². The summed E-state index contributed by atoms with van der Waals surface area (Å²) in [7, 11) is 0. The molecule has 0 N–H and O–H groups in total. The highest BCUT2D eigenvalue weighted by Crippen LogP contribution is 2.52. The topological polar surface area (TPSA) is 45.0 Å². The van der Waals surface area contributed by atoms with E-state index in [1.807, 2.05) is 24.4 Å². The zero-order valence-electron chi connectivity index (χ0n) is 32.6. The summed E-state index contributed by atoms with van der Waals surface area (Å²) in [6.07, 6.45) is 1.93. The van der Waals surface area contributed by atoms with Gasteiger partial charge in [-0.3, -0.25) is 4.90 Å². The predicted octanol–water partition coefficient (Wildman–Crippen LogP) is 14.4. The number of para-hydroxylation sites is 4. The number of aromatic nitrogens is 1. The van der Waals surface area contributed by atoms with E-state index in [-0.39, 0.29) is 5.41 Å². The number of anilines is 7. The molecule has 0 saturated heterocycles. The summed E-state index contributed by atoms with van der Waals surface area (Å²) in [5.74, 6) is 2.37. The lowest BCUT2D eigenvalue weighted by Crippen LogP contribution is -2.23. The summed E-state index contributed by atoms with van der Waals surface area (Å²) in [6, 6.07) is 59.7. The Morgan fingerprint density at radius 3 is 1.91 bits per heavy atom. The number of rotatable bonds is 5. The molecule has 0 saturated carbocycles. The zero-order chi connectivity index (χ0) is 39.0. The number of hydrogen-bond acceptors (Lipinski definition) is 6. The van der Waals surface area contributed by atoms with Gasteiger partial charge in [0, 0.05) is 51.6 Å². The SMILES string of the molecule is CC(C)(C)c1ccnc(N2c3ccccc3-c3ccccc3-c3ccc(Oc4cccc(N5CN(c6ccc7oc8ccccc8c7c6)c6ccccc65)c4)cc32)c1. The molecule has 2 aliphatic rings. The number of ether oxygens (including phenoxy) is 1. The molecule has 6 nitrogen and oxygen atoms in total. The average Bonchev–Trinajstić information content (AvgIpc) is 3.79. The van der Waals surface area contributed by atoms with Crippen molar-refractivity contribution in [1.29, 1.82) is 0 Å². The van der Waals surface area contributed by atoms with Crippen LogP contribution in [0.4, 0.5) is 39.9 Å². The van der Waals surface area contributed by atoms with Gasteiger partial charge in [0.1, 0.15) is 35.2 Å². The van der Waals surface area contributed by atoms with Crippen LogP contribution in [0.1, 0.15) is 26.3 Å². The number of furan rings is 1. The maximum atomic E-state index is 6.81. The molecule has 4 heterocycles. The molecule has 0 amide bonds. The van der Waals surface area contributed by atoms with Gasteiger partial charge in [-0.2, -0.15) is 0 Å². The van der Waals surface area contributed by atoms with Crippen LogP contribution in [-0.2, 0) is 5.41 Å². The van der Waals surface area contributed by atoms with E-state index >= 15 is 0 Å². The smallest absolute Gasteiger partial charge is 0.137 e. The molecule has 0 spiro atoms. The van der Waals surface area contributed by atoms with Gasteiger partial charge < -0.3 is 19.0 Å². The summed E-state index contributed by atoms with van der Waals surface area (Å²) >= 11 is 0. The summed E-state index contributed by atoms with van der Waals surface area (Å²) < 4.78 is 13.0. The quantitative estimate of drug-likeness (QED) is 0.174. The first-order chi connectivity index (χ1) is 28.4. The monoisotopic (exact) mass is 752 g/mol. The minimum atomic E-state index is -0.0417. The van der Waals surface area contributed by atoms with Crippen molar-refractivity contribution in [3.05, 3.63) is 182 Å². The van der Waals surface area contributed by atoms with E-state index in [4.69, 9.17) is 14.1 Å². The Bertz CT molecular complexity index is 3050.